The van der Waals surface area contributed by atoms with Crippen molar-refractivity contribution >= 4 is 5.78 Å². The molecule has 2 bridgehead atoms. The summed E-state index contributed by atoms with van der Waals surface area (Å²) in [6, 6.07) is 0. The zero-order valence-corrected chi connectivity index (χ0v) is 7.18. The zero-order chi connectivity index (χ0) is 7.84. The summed E-state index contributed by atoms with van der Waals surface area (Å²) in [5.41, 5.74) is 0. The fourth-order valence-corrected chi connectivity index (χ4v) is 3.00. The molecule has 2 saturated carbocycles. The van der Waals surface area contributed by atoms with Gasteiger partial charge in [0.25, 0.3) is 0 Å². The molecule has 0 aromatic heterocycles. The van der Waals surface area contributed by atoms with Gasteiger partial charge in [-0.1, -0.05) is 6.42 Å². The number of ketones is 1. The molecule has 0 N–H and O–H groups in total. The molecule has 2 rings (SSSR count). The van der Waals surface area contributed by atoms with Crippen LogP contribution in [0.5, 0.6) is 0 Å². The van der Waals surface area contributed by atoms with E-state index in [0.29, 0.717) is 5.78 Å². The Balaban J connectivity index is 1.92. The molecular weight excluding hydrogens is 136 g/mol. The van der Waals surface area contributed by atoms with Crippen LogP contribution in [0.3, 0.4) is 0 Å². The molecule has 2 aliphatic rings. The number of Topliss-reactive ketones (excluding diaryl/α,β-unsaturated/α-hetero) is 1. The number of hydrogen-bond donors (Lipinski definition) is 0. The summed E-state index contributed by atoms with van der Waals surface area (Å²) in [6.07, 6.45) is 6.49. The van der Waals surface area contributed by atoms with E-state index in [9.17, 15) is 4.79 Å². The Hall–Kier alpha value is -0.330. The summed E-state index contributed by atoms with van der Waals surface area (Å²) in [6.45, 7) is 1.73. The van der Waals surface area contributed by atoms with Crippen molar-refractivity contribution in [2.75, 3.05) is 0 Å². The second kappa shape index (κ2) is 2.62. The molecule has 0 aromatic rings. The van der Waals surface area contributed by atoms with Gasteiger partial charge in [-0.15, -0.1) is 0 Å². The van der Waals surface area contributed by atoms with Gasteiger partial charge in [-0.25, -0.2) is 0 Å². The van der Waals surface area contributed by atoms with E-state index in [4.69, 9.17) is 0 Å². The van der Waals surface area contributed by atoms with Crippen LogP contribution in [0.4, 0.5) is 0 Å². The topological polar surface area (TPSA) is 17.1 Å². The van der Waals surface area contributed by atoms with Gasteiger partial charge in [0.05, 0.1) is 0 Å². The first kappa shape index (κ1) is 7.33. The molecule has 0 amide bonds. The van der Waals surface area contributed by atoms with E-state index in [-0.39, 0.29) is 0 Å². The van der Waals surface area contributed by atoms with Gasteiger partial charge in [0, 0.05) is 6.42 Å². The van der Waals surface area contributed by atoms with Crippen LogP contribution in [0, 0.1) is 17.8 Å². The number of carbonyl (C=O) groups is 1. The average molecular weight is 152 g/mol. The second-order valence-electron chi connectivity index (χ2n) is 4.34. The Bertz CT molecular complexity index is 174. The molecule has 1 nitrogen and oxygen atoms in total. The van der Waals surface area contributed by atoms with Crippen LogP contribution in [0.2, 0.25) is 0 Å². The number of carbonyl (C=O) groups excluding carboxylic acids is 1. The largest absolute Gasteiger partial charge is 0.300 e. The first-order chi connectivity index (χ1) is 5.25. The van der Waals surface area contributed by atoms with Crippen LogP contribution in [0.25, 0.3) is 0 Å². The highest BCUT2D eigenvalue weighted by Crippen LogP contribution is 2.49. The summed E-state index contributed by atoms with van der Waals surface area (Å²) < 4.78 is 0. The Morgan fingerprint density at radius 3 is 2.64 bits per heavy atom. The molecule has 3 atom stereocenters. The van der Waals surface area contributed by atoms with Crippen molar-refractivity contribution in [3.05, 3.63) is 0 Å². The van der Waals surface area contributed by atoms with Gasteiger partial charge in [0.2, 0.25) is 0 Å². The molecule has 2 fully saturated rings. The molecule has 2 aliphatic carbocycles. The summed E-state index contributed by atoms with van der Waals surface area (Å²) in [4.78, 5) is 10.9. The van der Waals surface area contributed by atoms with Gasteiger partial charge in [0.15, 0.2) is 0 Å². The van der Waals surface area contributed by atoms with Crippen molar-refractivity contribution in [3.63, 3.8) is 0 Å². The van der Waals surface area contributed by atoms with Crippen molar-refractivity contribution in [1.82, 2.24) is 0 Å². The third kappa shape index (κ3) is 1.33. The minimum atomic E-state index is 0.391. The molecule has 0 saturated heterocycles. The van der Waals surface area contributed by atoms with Crippen LogP contribution in [-0.2, 0) is 4.79 Å². The molecule has 0 heterocycles. The molecule has 62 valence electrons. The zero-order valence-electron chi connectivity index (χ0n) is 7.18. The van der Waals surface area contributed by atoms with Crippen molar-refractivity contribution in [2.45, 2.75) is 39.0 Å². The highest BCUT2D eigenvalue weighted by Gasteiger charge is 2.39. The Labute approximate surface area is 68.2 Å². The first-order valence-electron chi connectivity index (χ1n) is 4.75. The highest BCUT2D eigenvalue weighted by molar-refractivity contribution is 5.75. The SMILES string of the molecule is CC(=O)C[C@@H]1C[C@H]2CC[C@@H]1C2. The number of rotatable bonds is 2. The Morgan fingerprint density at radius 2 is 2.18 bits per heavy atom. The molecule has 11 heavy (non-hydrogen) atoms. The minimum absolute atomic E-state index is 0.391. The predicted molar refractivity (Wildman–Crippen MR) is 44.2 cm³/mol. The van der Waals surface area contributed by atoms with E-state index in [1.165, 1.54) is 25.7 Å². The van der Waals surface area contributed by atoms with Gasteiger partial charge in [-0.2, -0.15) is 0 Å². The minimum Gasteiger partial charge on any atom is -0.300 e. The molecule has 0 aliphatic heterocycles. The normalized spacial score (nSPS) is 41.4. The maximum Gasteiger partial charge on any atom is 0.130 e. The molecule has 0 aromatic carbocycles. The van der Waals surface area contributed by atoms with Crippen LogP contribution < -0.4 is 0 Å². The molecule has 0 unspecified atom stereocenters. The highest BCUT2D eigenvalue weighted by atomic mass is 16.1. The monoisotopic (exact) mass is 152 g/mol. The third-order valence-corrected chi connectivity index (χ3v) is 3.43. The van der Waals surface area contributed by atoms with Crippen LogP contribution in [0.1, 0.15) is 39.0 Å². The maximum atomic E-state index is 10.9. The lowest BCUT2D eigenvalue weighted by Crippen LogP contribution is -2.13. The van der Waals surface area contributed by atoms with E-state index in [0.717, 1.165) is 24.2 Å². The van der Waals surface area contributed by atoms with E-state index >= 15 is 0 Å². The summed E-state index contributed by atoms with van der Waals surface area (Å²) in [5.74, 6) is 3.07. The van der Waals surface area contributed by atoms with E-state index in [2.05, 4.69) is 0 Å². The second-order valence-corrected chi connectivity index (χ2v) is 4.34. The van der Waals surface area contributed by atoms with Crippen LogP contribution in [-0.4, -0.2) is 5.78 Å². The van der Waals surface area contributed by atoms with E-state index in [1.54, 1.807) is 6.92 Å². The molecule has 0 radical (unpaired) electrons. The van der Waals surface area contributed by atoms with Crippen molar-refractivity contribution in [2.24, 2.45) is 17.8 Å². The molecular formula is C10H16O. The van der Waals surface area contributed by atoms with Crippen LogP contribution >= 0.6 is 0 Å². The standard InChI is InChI=1S/C10H16O/c1-7(11)4-10-6-8-2-3-9(10)5-8/h8-10H,2-6H2,1H3/t8-,9+,10+/m0/s1. The summed E-state index contributed by atoms with van der Waals surface area (Å²) >= 11 is 0. The maximum absolute atomic E-state index is 10.9. The first-order valence-corrected chi connectivity index (χ1v) is 4.75. The average Bonchev–Trinajstić information content (AvgIpc) is 2.45. The van der Waals surface area contributed by atoms with Gasteiger partial charge in [0.1, 0.15) is 5.78 Å². The van der Waals surface area contributed by atoms with Gasteiger partial charge in [-0.3, -0.25) is 0 Å². The lowest BCUT2D eigenvalue weighted by molar-refractivity contribution is -0.118. The smallest absolute Gasteiger partial charge is 0.130 e. The molecule has 0 spiro atoms. The van der Waals surface area contributed by atoms with E-state index in [1.807, 2.05) is 0 Å². The van der Waals surface area contributed by atoms with Crippen molar-refractivity contribution < 1.29 is 4.79 Å². The Morgan fingerprint density at radius 1 is 1.36 bits per heavy atom. The number of hydrogen-bond acceptors (Lipinski definition) is 1. The molecule has 1 heteroatoms. The number of fused-ring (bicyclic) bond motifs is 2. The lowest BCUT2D eigenvalue weighted by Gasteiger charge is -2.19. The van der Waals surface area contributed by atoms with Gasteiger partial charge >= 0.3 is 0 Å². The van der Waals surface area contributed by atoms with Crippen molar-refractivity contribution in [1.29, 1.82) is 0 Å². The predicted octanol–water partition coefficient (Wildman–Crippen LogP) is 2.40. The van der Waals surface area contributed by atoms with Crippen molar-refractivity contribution in [3.8, 4) is 0 Å². The summed E-state index contributed by atoms with van der Waals surface area (Å²) in [7, 11) is 0. The van der Waals surface area contributed by atoms with Gasteiger partial charge in [-0.05, 0) is 43.9 Å². The third-order valence-electron chi connectivity index (χ3n) is 3.43. The fraction of sp³-hybridized carbons (Fsp3) is 0.900. The van der Waals surface area contributed by atoms with E-state index < -0.39 is 0 Å². The van der Waals surface area contributed by atoms with Gasteiger partial charge < -0.3 is 4.79 Å². The Kier molecular flexibility index (Phi) is 1.74. The summed E-state index contributed by atoms with van der Waals surface area (Å²) in [5, 5.41) is 0. The quantitative estimate of drug-likeness (QED) is 0.593. The van der Waals surface area contributed by atoms with Crippen LogP contribution in [0.15, 0.2) is 0 Å². The lowest BCUT2D eigenvalue weighted by atomic mass is 9.85. The fourth-order valence-electron chi connectivity index (χ4n) is 3.00.